The summed E-state index contributed by atoms with van der Waals surface area (Å²) in [6, 6.07) is 7.31. The van der Waals surface area contributed by atoms with E-state index < -0.39 is 0 Å². The normalized spacial score (nSPS) is 20.0. The van der Waals surface area contributed by atoms with E-state index in [0.717, 1.165) is 11.0 Å². The maximum atomic E-state index is 12.3. The topological polar surface area (TPSA) is 66.1 Å². The smallest absolute Gasteiger partial charge is 0.230 e. The third-order valence-corrected chi connectivity index (χ3v) is 3.99. The van der Waals surface area contributed by atoms with E-state index in [2.05, 4.69) is 9.97 Å². The van der Waals surface area contributed by atoms with Gasteiger partial charge in [-0.1, -0.05) is 26.0 Å². The van der Waals surface area contributed by atoms with Crippen LogP contribution in [0.3, 0.4) is 0 Å². The van der Waals surface area contributed by atoms with Gasteiger partial charge in [-0.3, -0.25) is 14.5 Å². The van der Waals surface area contributed by atoms with E-state index in [-0.39, 0.29) is 23.3 Å². The van der Waals surface area contributed by atoms with Crippen molar-refractivity contribution in [2.45, 2.75) is 39.7 Å². The molecule has 3 rings (SSSR count). The number of aromatic amines is 1. The van der Waals surface area contributed by atoms with Crippen molar-refractivity contribution in [2.75, 3.05) is 0 Å². The molecule has 1 atom stereocenters. The van der Waals surface area contributed by atoms with Gasteiger partial charge in [-0.2, -0.15) is 0 Å². The van der Waals surface area contributed by atoms with Crippen molar-refractivity contribution in [3.63, 3.8) is 0 Å². The van der Waals surface area contributed by atoms with Gasteiger partial charge in [0.2, 0.25) is 11.8 Å². The van der Waals surface area contributed by atoms with Gasteiger partial charge in [-0.25, -0.2) is 4.98 Å². The third kappa shape index (κ3) is 2.44. The molecule has 5 heteroatoms. The Hall–Kier alpha value is -2.17. The fourth-order valence-electron chi connectivity index (χ4n) is 2.92. The van der Waals surface area contributed by atoms with E-state index in [1.165, 1.54) is 4.90 Å². The molecule has 5 nitrogen and oxygen atoms in total. The highest BCUT2D eigenvalue weighted by Crippen LogP contribution is 2.35. The van der Waals surface area contributed by atoms with Gasteiger partial charge in [0.1, 0.15) is 5.82 Å². The Kier molecular flexibility index (Phi) is 3.08. The molecule has 1 aromatic heterocycles. The number of hydrogen-bond donors (Lipinski definition) is 1. The zero-order valence-corrected chi connectivity index (χ0v) is 12.5. The molecule has 0 spiro atoms. The van der Waals surface area contributed by atoms with Crippen LogP contribution in [0.1, 0.15) is 45.5 Å². The molecule has 2 aromatic rings. The number of carbonyl (C=O) groups excluding carboxylic acids is 2. The number of benzene rings is 1. The summed E-state index contributed by atoms with van der Waals surface area (Å²) in [7, 11) is 0. The van der Waals surface area contributed by atoms with Crippen molar-refractivity contribution in [3.05, 3.63) is 30.1 Å². The van der Waals surface area contributed by atoms with Gasteiger partial charge >= 0.3 is 0 Å². The Bertz CT molecular complexity index is 664. The summed E-state index contributed by atoms with van der Waals surface area (Å²) in [4.78, 5) is 33.7. The molecular formula is C16H19N3O2. The van der Waals surface area contributed by atoms with Crippen LogP contribution in [-0.2, 0) is 9.59 Å². The molecule has 21 heavy (non-hydrogen) atoms. The van der Waals surface area contributed by atoms with Gasteiger partial charge in [0.05, 0.1) is 17.1 Å². The molecule has 2 heterocycles. The highest BCUT2D eigenvalue weighted by atomic mass is 16.2. The molecule has 0 radical (unpaired) electrons. The monoisotopic (exact) mass is 285 g/mol. The number of para-hydroxylation sites is 2. The van der Waals surface area contributed by atoms with Gasteiger partial charge in [0.15, 0.2) is 0 Å². The Morgan fingerprint density at radius 2 is 1.81 bits per heavy atom. The lowest BCUT2D eigenvalue weighted by Gasteiger charge is -2.37. The number of piperidine rings is 1. The first kappa shape index (κ1) is 13.8. The van der Waals surface area contributed by atoms with Crippen LogP contribution in [0.2, 0.25) is 0 Å². The Labute approximate surface area is 123 Å². The first-order chi connectivity index (χ1) is 9.87. The minimum Gasteiger partial charge on any atom is -0.340 e. The maximum absolute atomic E-state index is 12.3. The summed E-state index contributed by atoms with van der Waals surface area (Å²) >= 11 is 0. The first-order valence-corrected chi connectivity index (χ1v) is 7.17. The molecule has 1 aliphatic rings. The van der Waals surface area contributed by atoms with Crippen molar-refractivity contribution >= 4 is 22.8 Å². The lowest BCUT2D eigenvalue weighted by Crippen LogP contribution is -2.47. The van der Waals surface area contributed by atoms with Gasteiger partial charge in [0.25, 0.3) is 0 Å². The second-order valence-corrected chi connectivity index (χ2v) is 6.49. The number of carbonyl (C=O) groups is 2. The van der Waals surface area contributed by atoms with Gasteiger partial charge in [-0.15, -0.1) is 0 Å². The number of H-pyrrole nitrogens is 1. The van der Waals surface area contributed by atoms with Crippen molar-refractivity contribution in [3.8, 4) is 0 Å². The molecule has 0 aliphatic carbocycles. The van der Waals surface area contributed by atoms with E-state index in [4.69, 9.17) is 0 Å². The highest BCUT2D eigenvalue weighted by molar-refractivity contribution is 5.98. The number of likely N-dealkylation sites (tertiary alicyclic amines) is 1. The lowest BCUT2D eigenvalue weighted by molar-refractivity contribution is -0.155. The SMILES string of the molecule is CC(c1nc2ccccc2[nH]1)N1C(=O)CC(C)(C)CC1=O. The van der Waals surface area contributed by atoms with Crippen LogP contribution in [0, 0.1) is 5.41 Å². The number of fused-ring (bicyclic) bond motifs is 1. The fraction of sp³-hybridized carbons (Fsp3) is 0.438. The van der Waals surface area contributed by atoms with E-state index in [1.54, 1.807) is 0 Å². The Morgan fingerprint density at radius 3 is 2.43 bits per heavy atom. The summed E-state index contributed by atoms with van der Waals surface area (Å²) in [6.45, 7) is 5.74. The maximum Gasteiger partial charge on any atom is 0.230 e. The molecule has 0 saturated carbocycles. The third-order valence-electron chi connectivity index (χ3n) is 3.99. The zero-order chi connectivity index (χ0) is 15.2. The molecule has 1 unspecified atom stereocenters. The van der Waals surface area contributed by atoms with Gasteiger partial charge < -0.3 is 4.98 Å². The molecule has 0 bridgehead atoms. The van der Waals surface area contributed by atoms with Crippen LogP contribution in [0.4, 0.5) is 0 Å². The van der Waals surface area contributed by atoms with Crippen LogP contribution in [-0.4, -0.2) is 26.7 Å². The average molecular weight is 285 g/mol. The summed E-state index contributed by atoms with van der Waals surface area (Å²) in [6.07, 6.45) is 0.784. The van der Waals surface area contributed by atoms with Crippen molar-refractivity contribution in [1.82, 2.24) is 14.9 Å². The Balaban J connectivity index is 1.92. The van der Waals surface area contributed by atoms with E-state index in [1.807, 2.05) is 45.0 Å². The van der Waals surface area contributed by atoms with Crippen LogP contribution in [0.25, 0.3) is 11.0 Å². The Morgan fingerprint density at radius 1 is 1.19 bits per heavy atom. The molecular weight excluding hydrogens is 266 g/mol. The predicted molar refractivity (Wildman–Crippen MR) is 79.4 cm³/mol. The van der Waals surface area contributed by atoms with Crippen LogP contribution >= 0.6 is 0 Å². The summed E-state index contributed by atoms with van der Waals surface area (Å²) in [5.74, 6) is 0.408. The molecule has 1 saturated heterocycles. The highest BCUT2D eigenvalue weighted by Gasteiger charge is 2.40. The molecule has 1 N–H and O–H groups in total. The number of nitrogens with zero attached hydrogens (tertiary/aromatic N) is 2. The van der Waals surface area contributed by atoms with E-state index in [0.29, 0.717) is 18.7 Å². The number of imidazole rings is 1. The number of imide groups is 1. The standard InChI is InChI=1S/C16H19N3O2/c1-10(15-17-11-6-4-5-7-12(11)18-15)19-13(20)8-16(2,3)9-14(19)21/h4-7,10H,8-9H2,1-3H3,(H,17,18). The van der Waals surface area contributed by atoms with Gasteiger partial charge in [-0.05, 0) is 24.5 Å². The quantitative estimate of drug-likeness (QED) is 0.863. The largest absolute Gasteiger partial charge is 0.340 e. The summed E-state index contributed by atoms with van der Waals surface area (Å²) in [5, 5.41) is 0. The zero-order valence-electron chi connectivity index (χ0n) is 12.5. The number of nitrogens with one attached hydrogen (secondary N) is 1. The number of amides is 2. The molecule has 2 amide bonds. The molecule has 1 fully saturated rings. The second-order valence-electron chi connectivity index (χ2n) is 6.49. The minimum atomic E-state index is -0.367. The predicted octanol–water partition coefficient (Wildman–Crippen LogP) is 2.80. The summed E-state index contributed by atoms with van der Waals surface area (Å²) in [5.41, 5.74) is 1.51. The van der Waals surface area contributed by atoms with Crippen LogP contribution in [0.15, 0.2) is 24.3 Å². The first-order valence-electron chi connectivity index (χ1n) is 7.17. The van der Waals surface area contributed by atoms with E-state index >= 15 is 0 Å². The number of hydrogen-bond acceptors (Lipinski definition) is 3. The lowest BCUT2D eigenvalue weighted by atomic mass is 9.81. The van der Waals surface area contributed by atoms with Crippen LogP contribution < -0.4 is 0 Å². The minimum absolute atomic E-state index is 0.121. The summed E-state index contributed by atoms with van der Waals surface area (Å²) < 4.78 is 0. The van der Waals surface area contributed by atoms with Crippen LogP contribution in [0.5, 0.6) is 0 Å². The molecule has 1 aliphatic heterocycles. The molecule has 1 aromatic carbocycles. The van der Waals surface area contributed by atoms with Crippen molar-refractivity contribution in [2.24, 2.45) is 5.41 Å². The average Bonchev–Trinajstić information content (AvgIpc) is 2.79. The van der Waals surface area contributed by atoms with Crippen molar-refractivity contribution in [1.29, 1.82) is 0 Å². The number of aromatic nitrogens is 2. The van der Waals surface area contributed by atoms with Crippen molar-refractivity contribution < 1.29 is 9.59 Å². The van der Waals surface area contributed by atoms with E-state index in [9.17, 15) is 9.59 Å². The van der Waals surface area contributed by atoms with Gasteiger partial charge in [0, 0.05) is 12.8 Å². The fourth-order valence-corrected chi connectivity index (χ4v) is 2.92. The molecule has 110 valence electrons. The number of rotatable bonds is 2. The second kappa shape index (κ2) is 4.69.